The summed E-state index contributed by atoms with van der Waals surface area (Å²) >= 11 is 5.84. The molecular weight excluding hydrogens is 370 g/mol. The number of rotatable bonds is 6. The fourth-order valence-electron chi connectivity index (χ4n) is 2.47. The summed E-state index contributed by atoms with van der Waals surface area (Å²) in [5, 5.41) is 3.31. The second-order valence-electron chi connectivity index (χ2n) is 5.78. The van der Waals surface area contributed by atoms with Crippen molar-refractivity contribution in [1.29, 1.82) is 0 Å². The molecule has 6 nitrogen and oxygen atoms in total. The summed E-state index contributed by atoms with van der Waals surface area (Å²) in [7, 11) is 0. The highest BCUT2D eigenvalue weighted by Gasteiger charge is 2.15. The first-order chi connectivity index (χ1) is 13.0. The van der Waals surface area contributed by atoms with Crippen LogP contribution in [0.3, 0.4) is 0 Å². The van der Waals surface area contributed by atoms with E-state index >= 15 is 0 Å². The third-order valence-corrected chi connectivity index (χ3v) is 4.04. The standard InChI is InChI=1S/C20H16ClNO5/c21-14-6-7-17-15(10-14)16(23)11-18(27-17)20(25)26-12-19(24)22-9-8-13-4-2-1-3-5-13/h1-7,10-11H,8-9,12H2,(H,22,24). The molecule has 0 aliphatic carbocycles. The minimum Gasteiger partial charge on any atom is -0.450 e. The van der Waals surface area contributed by atoms with Crippen LogP contribution in [0.2, 0.25) is 5.02 Å². The van der Waals surface area contributed by atoms with E-state index in [1.165, 1.54) is 12.1 Å². The molecule has 1 N–H and O–H groups in total. The molecule has 0 spiro atoms. The number of esters is 1. The van der Waals surface area contributed by atoms with E-state index in [0.29, 0.717) is 18.0 Å². The molecule has 0 atom stereocenters. The van der Waals surface area contributed by atoms with E-state index in [-0.39, 0.29) is 16.7 Å². The van der Waals surface area contributed by atoms with Crippen molar-refractivity contribution in [1.82, 2.24) is 5.32 Å². The van der Waals surface area contributed by atoms with E-state index in [1.807, 2.05) is 30.3 Å². The maximum absolute atomic E-state index is 12.1. The SMILES string of the molecule is O=C(COC(=O)c1cc(=O)c2cc(Cl)ccc2o1)NCCc1ccccc1. The van der Waals surface area contributed by atoms with E-state index in [9.17, 15) is 14.4 Å². The summed E-state index contributed by atoms with van der Waals surface area (Å²) < 4.78 is 10.3. The molecule has 0 saturated carbocycles. The number of carbonyl (C=O) groups excluding carboxylic acids is 2. The lowest BCUT2D eigenvalue weighted by Gasteiger charge is -2.07. The van der Waals surface area contributed by atoms with Crippen LogP contribution in [-0.2, 0) is 16.0 Å². The number of nitrogens with one attached hydrogen (secondary N) is 1. The number of ether oxygens (including phenoxy) is 1. The average Bonchev–Trinajstić information content (AvgIpc) is 2.67. The number of hydrogen-bond donors (Lipinski definition) is 1. The maximum atomic E-state index is 12.1. The Morgan fingerprint density at radius 2 is 1.85 bits per heavy atom. The van der Waals surface area contributed by atoms with Crippen LogP contribution < -0.4 is 10.7 Å². The van der Waals surface area contributed by atoms with Gasteiger partial charge in [0.15, 0.2) is 12.0 Å². The van der Waals surface area contributed by atoms with E-state index in [1.54, 1.807) is 6.07 Å². The van der Waals surface area contributed by atoms with Crippen LogP contribution in [0, 0.1) is 0 Å². The van der Waals surface area contributed by atoms with Gasteiger partial charge in [0.05, 0.1) is 5.39 Å². The highest BCUT2D eigenvalue weighted by molar-refractivity contribution is 6.31. The zero-order chi connectivity index (χ0) is 19.2. The lowest BCUT2D eigenvalue weighted by molar-refractivity contribution is -0.124. The Morgan fingerprint density at radius 3 is 2.63 bits per heavy atom. The minimum atomic E-state index is -0.887. The predicted molar refractivity (Wildman–Crippen MR) is 101 cm³/mol. The summed E-state index contributed by atoms with van der Waals surface area (Å²) in [6, 6.07) is 15.2. The second-order valence-corrected chi connectivity index (χ2v) is 6.21. The molecule has 0 aliphatic rings. The molecule has 1 heterocycles. The minimum absolute atomic E-state index is 0.214. The van der Waals surface area contributed by atoms with Crippen molar-refractivity contribution < 1.29 is 18.7 Å². The van der Waals surface area contributed by atoms with Crippen LogP contribution in [0.5, 0.6) is 0 Å². The van der Waals surface area contributed by atoms with Crippen molar-refractivity contribution in [2.45, 2.75) is 6.42 Å². The topological polar surface area (TPSA) is 85.6 Å². The number of benzene rings is 2. The smallest absolute Gasteiger partial charge is 0.374 e. The fourth-order valence-corrected chi connectivity index (χ4v) is 2.65. The summed E-state index contributed by atoms with van der Waals surface area (Å²) in [4.78, 5) is 35.9. The van der Waals surface area contributed by atoms with Gasteiger partial charge in [-0.15, -0.1) is 0 Å². The monoisotopic (exact) mass is 385 g/mol. The van der Waals surface area contributed by atoms with Gasteiger partial charge in [0.2, 0.25) is 5.76 Å². The molecule has 1 aromatic heterocycles. The van der Waals surface area contributed by atoms with E-state index < -0.39 is 23.9 Å². The molecule has 0 unspecified atom stereocenters. The Morgan fingerprint density at radius 1 is 1.07 bits per heavy atom. The molecule has 2 aromatic carbocycles. The Balaban J connectivity index is 1.54. The molecule has 0 fully saturated rings. The van der Waals surface area contributed by atoms with Gasteiger partial charge in [0.1, 0.15) is 5.58 Å². The molecule has 0 aliphatic heterocycles. The van der Waals surface area contributed by atoms with E-state index in [2.05, 4.69) is 5.32 Å². The van der Waals surface area contributed by atoms with Crippen molar-refractivity contribution in [3.63, 3.8) is 0 Å². The summed E-state index contributed by atoms with van der Waals surface area (Å²) in [5.74, 6) is -1.59. The van der Waals surface area contributed by atoms with Crippen LogP contribution in [-0.4, -0.2) is 25.0 Å². The van der Waals surface area contributed by atoms with Gasteiger partial charge in [-0.1, -0.05) is 41.9 Å². The summed E-state index contributed by atoms with van der Waals surface area (Å²) in [6.07, 6.45) is 0.669. The number of halogens is 1. The van der Waals surface area contributed by atoms with Crippen molar-refractivity contribution in [2.75, 3.05) is 13.2 Å². The second kappa shape index (κ2) is 8.51. The van der Waals surface area contributed by atoms with Gasteiger partial charge >= 0.3 is 5.97 Å². The first-order valence-electron chi connectivity index (χ1n) is 8.24. The predicted octanol–water partition coefficient (Wildman–Crippen LogP) is 2.96. The first-order valence-corrected chi connectivity index (χ1v) is 8.62. The average molecular weight is 386 g/mol. The quantitative estimate of drug-likeness (QED) is 0.659. The van der Waals surface area contributed by atoms with Crippen LogP contribution >= 0.6 is 11.6 Å². The molecule has 0 saturated heterocycles. The molecular formula is C20H16ClNO5. The molecule has 138 valence electrons. The molecule has 27 heavy (non-hydrogen) atoms. The van der Waals surface area contributed by atoms with Gasteiger partial charge in [-0.2, -0.15) is 0 Å². The van der Waals surface area contributed by atoms with Crippen molar-refractivity contribution in [3.05, 3.63) is 81.2 Å². The van der Waals surface area contributed by atoms with Crippen molar-refractivity contribution >= 4 is 34.4 Å². The van der Waals surface area contributed by atoms with E-state index in [0.717, 1.165) is 11.6 Å². The molecule has 3 rings (SSSR count). The van der Waals surface area contributed by atoms with Gasteiger partial charge in [-0.05, 0) is 30.2 Å². The molecule has 7 heteroatoms. The van der Waals surface area contributed by atoms with Crippen molar-refractivity contribution in [2.24, 2.45) is 0 Å². The maximum Gasteiger partial charge on any atom is 0.374 e. The Hall–Kier alpha value is -3.12. The van der Waals surface area contributed by atoms with E-state index in [4.69, 9.17) is 20.8 Å². The van der Waals surface area contributed by atoms with Crippen LogP contribution in [0.4, 0.5) is 0 Å². The third kappa shape index (κ3) is 4.95. The van der Waals surface area contributed by atoms with Gasteiger partial charge in [-0.3, -0.25) is 9.59 Å². The Labute approximate surface area is 159 Å². The zero-order valence-corrected chi connectivity index (χ0v) is 15.0. The molecule has 0 radical (unpaired) electrons. The van der Waals surface area contributed by atoms with Gasteiger partial charge < -0.3 is 14.5 Å². The van der Waals surface area contributed by atoms with Gasteiger partial charge in [0, 0.05) is 17.6 Å². The lowest BCUT2D eigenvalue weighted by atomic mass is 10.1. The lowest BCUT2D eigenvalue weighted by Crippen LogP contribution is -2.30. The number of carbonyl (C=O) groups is 2. The fraction of sp³-hybridized carbons (Fsp3) is 0.150. The van der Waals surface area contributed by atoms with Gasteiger partial charge in [0.25, 0.3) is 5.91 Å². The number of amides is 1. The molecule has 3 aromatic rings. The Kier molecular flexibility index (Phi) is 5.88. The molecule has 0 bridgehead atoms. The van der Waals surface area contributed by atoms with Crippen LogP contribution in [0.1, 0.15) is 16.1 Å². The first kappa shape index (κ1) is 18.7. The summed E-state index contributed by atoms with van der Waals surface area (Å²) in [5.41, 5.74) is 0.886. The number of hydrogen-bond acceptors (Lipinski definition) is 5. The largest absolute Gasteiger partial charge is 0.450 e. The highest BCUT2D eigenvalue weighted by atomic mass is 35.5. The summed E-state index contributed by atoms with van der Waals surface area (Å²) in [6.45, 7) is -0.0395. The van der Waals surface area contributed by atoms with Crippen molar-refractivity contribution in [3.8, 4) is 0 Å². The molecule has 1 amide bonds. The van der Waals surface area contributed by atoms with Gasteiger partial charge in [-0.25, -0.2) is 4.79 Å². The normalized spacial score (nSPS) is 10.6. The van der Waals surface area contributed by atoms with Crippen LogP contribution in [0.15, 0.2) is 63.8 Å². The highest BCUT2D eigenvalue weighted by Crippen LogP contribution is 2.18. The van der Waals surface area contributed by atoms with Crippen LogP contribution in [0.25, 0.3) is 11.0 Å². The third-order valence-electron chi connectivity index (χ3n) is 3.80. The zero-order valence-electron chi connectivity index (χ0n) is 14.2. The number of fused-ring (bicyclic) bond motifs is 1. The Bertz CT molecular complexity index is 1030.